The minimum Gasteiger partial charge on any atom is -0.489 e. The molecular formula is C15H25NO. The van der Waals surface area contributed by atoms with E-state index in [0.717, 1.165) is 12.3 Å². The quantitative estimate of drug-likeness (QED) is 0.816. The summed E-state index contributed by atoms with van der Waals surface area (Å²) in [6.45, 7) is 11.7. The molecule has 1 aromatic rings. The molecular weight excluding hydrogens is 210 g/mol. The molecule has 0 saturated carbocycles. The highest BCUT2D eigenvalue weighted by Crippen LogP contribution is 2.20. The molecule has 0 fully saturated rings. The Morgan fingerprint density at radius 3 is 2.29 bits per heavy atom. The maximum Gasteiger partial charge on any atom is 0.122 e. The minimum atomic E-state index is 0.221. The number of ether oxygens (including phenoxy) is 1. The van der Waals surface area contributed by atoms with E-state index in [1.165, 1.54) is 5.56 Å². The van der Waals surface area contributed by atoms with Crippen LogP contribution in [0.2, 0.25) is 0 Å². The normalized spacial score (nSPS) is 13.1. The van der Waals surface area contributed by atoms with E-state index < -0.39 is 0 Å². The number of nitrogens with one attached hydrogen (secondary N) is 1. The molecule has 0 radical (unpaired) electrons. The highest BCUT2D eigenvalue weighted by atomic mass is 16.5. The van der Waals surface area contributed by atoms with Crippen LogP contribution in [0, 0.1) is 12.8 Å². The average Bonchev–Trinajstić information content (AvgIpc) is 2.25. The standard InChI is InChI=1S/C15H25NO/c1-11(2)15(10-16-12(3)4)17-14-9-7-6-8-13(14)5/h6-9,11-12,15-16H,10H2,1-5H3. The summed E-state index contributed by atoms with van der Waals surface area (Å²) in [5, 5.41) is 3.44. The van der Waals surface area contributed by atoms with Crippen molar-refractivity contribution in [2.24, 2.45) is 5.92 Å². The summed E-state index contributed by atoms with van der Waals surface area (Å²) >= 11 is 0. The van der Waals surface area contributed by atoms with Crippen molar-refractivity contribution in [1.29, 1.82) is 0 Å². The van der Waals surface area contributed by atoms with E-state index in [1.807, 2.05) is 18.2 Å². The van der Waals surface area contributed by atoms with Gasteiger partial charge in [0.15, 0.2) is 0 Å². The Bertz CT molecular complexity index is 333. The molecule has 0 bridgehead atoms. The molecule has 1 aromatic carbocycles. The zero-order chi connectivity index (χ0) is 12.8. The van der Waals surface area contributed by atoms with Gasteiger partial charge in [0.2, 0.25) is 0 Å². The molecule has 0 heterocycles. The monoisotopic (exact) mass is 235 g/mol. The van der Waals surface area contributed by atoms with Crippen LogP contribution in [0.15, 0.2) is 24.3 Å². The highest BCUT2D eigenvalue weighted by Gasteiger charge is 2.16. The van der Waals surface area contributed by atoms with Crippen LogP contribution in [0.4, 0.5) is 0 Å². The predicted octanol–water partition coefficient (Wildman–Crippen LogP) is 3.40. The van der Waals surface area contributed by atoms with Crippen LogP contribution in [0.1, 0.15) is 33.3 Å². The van der Waals surface area contributed by atoms with Gasteiger partial charge >= 0.3 is 0 Å². The lowest BCUT2D eigenvalue weighted by atomic mass is 10.1. The fourth-order valence-corrected chi connectivity index (χ4v) is 1.62. The second-order valence-electron chi connectivity index (χ2n) is 5.23. The Morgan fingerprint density at radius 2 is 1.76 bits per heavy atom. The molecule has 1 atom stereocenters. The summed E-state index contributed by atoms with van der Waals surface area (Å²) in [5.74, 6) is 1.50. The van der Waals surface area contributed by atoms with Gasteiger partial charge in [0.25, 0.3) is 0 Å². The SMILES string of the molecule is Cc1ccccc1OC(CNC(C)C)C(C)C. The van der Waals surface area contributed by atoms with Gasteiger partial charge in [0.05, 0.1) is 0 Å². The zero-order valence-electron chi connectivity index (χ0n) is 11.7. The summed E-state index contributed by atoms with van der Waals surface area (Å²) in [6, 6.07) is 8.69. The summed E-state index contributed by atoms with van der Waals surface area (Å²) in [5.41, 5.74) is 1.20. The Labute approximate surface area is 105 Å². The largest absolute Gasteiger partial charge is 0.489 e. The maximum atomic E-state index is 6.09. The van der Waals surface area contributed by atoms with Crippen molar-refractivity contribution in [3.63, 3.8) is 0 Å². The first-order chi connectivity index (χ1) is 8.00. The van der Waals surface area contributed by atoms with Crippen LogP contribution in [0.25, 0.3) is 0 Å². The molecule has 0 amide bonds. The van der Waals surface area contributed by atoms with Crippen LogP contribution in [0.3, 0.4) is 0 Å². The summed E-state index contributed by atoms with van der Waals surface area (Å²) < 4.78 is 6.09. The summed E-state index contributed by atoms with van der Waals surface area (Å²) in [4.78, 5) is 0. The van der Waals surface area contributed by atoms with Crippen molar-refractivity contribution in [2.75, 3.05) is 6.54 Å². The predicted molar refractivity (Wildman–Crippen MR) is 73.6 cm³/mol. The van der Waals surface area contributed by atoms with Crippen molar-refractivity contribution in [3.8, 4) is 5.75 Å². The fourth-order valence-electron chi connectivity index (χ4n) is 1.62. The molecule has 1 N–H and O–H groups in total. The topological polar surface area (TPSA) is 21.3 Å². The number of hydrogen-bond donors (Lipinski definition) is 1. The molecule has 0 spiro atoms. The smallest absolute Gasteiger partial charge is 0.122 e. The van der Waals surface area contributed by atoms with Crippen LogP contribution < -0.4 is 10.1 Å². The van der Waals surface area contributed by atoms with Gasteiger partial charge in [-0.2, -0.15) is 0 Å². The first-order valence-corrected chi connectivity index (χ1v) is 6.46. The Hall–Kier alpha value is -1.02. The van der Waals surface area contributed by atoms with Crippen LogP contribution in [-0.4, -0.2) is 18.7 Å². The summed E-state index contributed by atoms with van der Waals surface area (Å²) in [7, 11) is 0. The van der Waals surface area contributed by atoms with Gasteiger partial charge in [-0.1, -0.05) is 45.9 Å². The molecule has 0 saturated heterocycles. The molecule has 1 rings (SSSR count). The molecule has 0 aliphatic heterocycles. The Morgan fingerprint density at radius 1 is 1.12 bits per heavy atom. The highest BCUT2D eigenvalue weighted by molar-refractivity contribution is 5.31. The van der Waals surface area contributed by atoms with Crippen molar-refractivity contribution < 1.29 is 4.74 Å². The first kappa shape index (κ1) is 14.0. The van der Waals surface area contributed by atoms with Gasteiger partial charge in [-0.05, 0) is 24.5 Å². The summed E-state index contributed by atoms with van der Waals surface area (Å²) in [6.07, 6.45) is 0.221. The van der Waals surface area contributed by atoms with Gasteiger partial charge in [0, 0.05) is 12.6 Å². The number of rotatable bonds is 6. The molecule has 2 heteroatoms. The third-order valence-corrected chi connectivity index (χ3v) is 2.84. The number of aryl methyl sites for hydroxylation is 1. The molecule has 0 aromatic heterocycles. The number of hydrogen-bond acceptors (Lipinski definition) is 2. The number of para-hydroxylation sites is 1. The minimum absolute atomic E-state index is 0.221. The van der Waals surface area contributed by atoms with E-state index in [-0.39, 0.29) is 6.10 Å². The molecule has 0 aliphatic rings. The van der Waals surface area contributed by atoms with Crippen molar-refractivity contribution in [1.82, 2.24) is 5.32 Å². The fraction of sp³-hybridized carbons (Fsp3) is 0.600. The van der Waals surface area contributed by atoms with E-state index in [2.05, 4.69) is 46.0 Å². The average molecular weight is 235 g/mol. The third kappa shape index (κ3) is 4.78. The van der Waals surface area contributed by atoms with Crippen LogP contribution in [0.5, 0.6) is 5.75 Å². The lowest BCUT2D eigenvalue weighted by Crippen LogP contribution is -2.38. The maximum absolute atomic E-state index is 6.09. The van der Waals surface area contributed by atoms with E-state index in [9.17, 15) is 0 Å². The van der Waals surface area contributed by atoms with E-state index in [4.69, 9.17) is 4.74 Å². The second-order valence-corrected chi connectivity index (χ2v) is 5.23. The molecule has 96 valence electrons. The van der Waals surface area contributed by atoms with Gasteiger partial charge in [-0.3, -0.25) is 0 Å². The second kappa shape index (κ2) is 6.65. The van der Waals surface area contributed by atoms with Gasteiger partial charge in [0.1, 0.15) is 11.9 Å². The van der Waals surface area contributed by atoms with Crippen molar-refractivity contribution in [2.45, 2.75) is 46.8 Å². The van der Waals surface area contributed by atoms with E-state index >= 15 is 0 Å². The lowest BCUT2D eigenvalue weighted by molar-refractivity contribution is 0.145. The molecule has 17 heavy (non-hydrogen) atoms. The number of benzene rings is 1. The lowest BCUT2D eigenvalue weighted by Gasteiger charge is -2.25. The van der Waals surface area contributed by atoms with Crippen LogP contribution >= 0.6 is 0 Å². The van der Waals surface area contributed by atoms with Crippen molar-refractivity contribution >= 4 is 0 Å². The van der Waals surface area contributed by atoms with Gasteiger partial charge < -0.3 is 10.1 Å². The van der Waals surface area contributed by atoms with Gasteiger partial charge in [-0.25, -0.2) is 0 Å². The first-order valence-electron chi connectivity index (χ1n) is 6.46. The van der Waals surface area contributed by atoms with Gasteiger partial charge in [-0.15, -0.1) is 0 Å². The third-order valence-electron chi connectivity index (χ3n) is 2.84. The Balaban J connectivity index is 2.64. The van der Waals surface area contributed by atoms with Crippen LogP contribution in [-0.2, 0) is 0 Å². The molecule has 1 unspecified atom stereocenters. The molecule has 0 aliphatic carbocycles. The molecule has 2 nitrogen and oxygen atoms in total. The van der Waals surface area contributed by atoms with Crippen molar-refractivity contribution in [3.05, 3.63) is 29.8 Å². The van der Waals surface area contributed by atoms with E-state index in [1.54, 1.807) is 0 Å². The van der Waals surface area contributed by atoms with E-state index in [0.29, 0.717) is 12.0 Å². The Kier molecular flexibility index (Phi) is 5.49. The zero-order valence-corrected chi connectivity index (χ0v) is 11.7.